The number of halogens is 3. The molecule has 2 aromatic rings. The van der Waals surface area contributed by atoms with E-state index < -0.39 is 11.7 Å². The first-order valence-electron chi connectivity index (χ1n) is 5.88. The molecule has 0 aliphatic heterocycles. The number of hydrogen-bond acceptors (Lipinski definition) is 3. The van der Waals surface area contributed by atoms with Gasteiger partial charge in [-0.1, -0.05) is 25.1 Å². The summed E-state index contributed by atoms with van der Waals surface area (Å²) >= 11 is 1.31. The van der Waals surface area contributed by atoms with E-state index in [-0.39, 0.29) is 5.56 Å². The first-order chi connectivity index (χ1) is 9.02. The summed E-state index contributed by atoms with van der Waals surface area (Å²) in [7, 11) is 0. The van der Waals surface area contributed by atoms with Crippen molar-refractivity contribution in [1.29, 1.82) is 0 Å². The van der Waals surface area contributed by atoms with Gasteiger partial charge in [0.2, 0.25) is 0 Å². The van der Waals surface area contributed by atoms with Gasteiger partial charge < -0.3 is 5.32 Å². The lowest BCUT2D eigenvalue weighted by Crippen LogP contribution is -2.07. The normalized spacial score (nSPS) is 11.6. The zero-order valence-corrected chi connectivity index (χ0v) is 11.1. The molecule has 0 bridgehead atoms. The van der Waals surface area contributed by atoms with Gasteiger partial charge in [-0.25, -0.2) is 4.98 Å². The molecule has 0 fully saturated rings. The predicted octanol–water partition coefficient (Wildman–Crippen LogP) is 4.65. The average Bonchev–Trinajstić information content (AvgIpc) is 2.84. The van der Waals surface area contributed by atoms with E-state index in [4.69, 9.17) is 0 Å². The maximum absolute atomic E-state index is 12.9. The number of thiazole rings is 1. The number of anilines is 1. The highest BCUT2D eigenvalue weighted by Gasteiger charge is 2.33. The van der Waals surface area contributed by atoms with E-state index in [1.54, 1.807) is 11.4 Å². The van der Waals surface area contributed by atoms with Crippen LogP contribution in [0, 0.1) is 0 Å². The number of alkyl halides is 3. The van der Waals surface area contributed by atoms with Crippen LogP contribution >= 0.6 is 11.3 Å². The Hall–Kier alpha value is -1.56. The standard InChI is InChI=1S/C13H13F3N2S/c1-2-7-17-12-18-11(8-19-12)9-5-3-4-6-10(9)13(14,15)16/h3-6,8H,2,7H2,1H3,(H,17,18). The zero-order chi connectivity index (χ0) is 13.9. The van der Waals surface area contributed by atoms with Crippen LogP contribution in [0.2, 0.25) is 0 Å². The van der Waals surface area contributed by atoms with Gasteiger partial charge >= 0.3 is 6.18 Å². The average molecular weight is 286 g/mol. The summed E-state index contributed by atoms with van der Waals surface area (Å²) in [6.45, 7) is 2.77. The van der Waals surface area contributed by atoms with Gasteiger partial charge in [0, 0.05) is 17.5 Å². The van der Waals surface area contributed by atoms with E-state index in [2.05, 4.69) is 10.3 Å². The van der Waals surface area contributed by atoms with E-state index in [1.165, 1.54) is 23.5 Å². The van der Waals surface area contributed by atoms with E-state index in [0.717, 1.165) is 19.0 Å². The van der Waals surface area contributed by atoms with Crippen LogP contribution in [-0.2, 0) is 6.18 Å². The fraction of sp³-hybridized carbons (Fsp3) is 0.308. The quantitative estimate of drug-likeness (QED) is 0.884. The molecule has 0 saturated heterocycles. The molecule has 0 radical (unpaired) electrons. The summed E-state index contributed by atoms with van der Waals surface area (Å²) in [5, 5.41) is 5.36. The van der Waals surface area contributed by atoms with Crippen LogP contribution in [0.5, 0.6) is 0 Å². The highest BCUT2D eigenvalue weighted by Crippen LogP contribution is 2.37. The third kappa shape index (κ3) is 3.26. The predicted molar refractivity (Wildman–Crippen MR) is 71.3 cm³/mol. The molecule has 0 aliphatic carbocycles. The Kier molecular flexibility index (Phi) is 4.09. The van der Waals surface area contributed by atoms with E-state index in [0.29, 0.717) is 10.8 Å². The van der Waals surface area contributed by atoms with Crippen LogP contribution in [0.4, 0.5) is 18.3 Å². The lowest BCUT2D eigenvalue weighted by atomic mass is 10.1. The Bertz CT molecular complexity index is 549. The van der Waals surface area contributed by atoms with E-state index in [9.17, 15) is 13.2 Å². The van der Waals surface area contributed by atoms with Crippen LogP contribution in [0.25, 0.3) is 11.3 Å². The highest BCUT2D eigenvalue weighted by atomic mass is 32.1. The number of hydrogen-bond donors (Lipinski definition) is 1. The highest BCUT2D eigenvalue weighted by molar-refractivity contribution is 7.14. The molecule has 6 heteroatoms. The minimum absolute atomic E-state index is 0.121. The summed E-state index contributed by atoms with van der Waals surface area (Å²) in [4.78, 5) is 4.20. The monoisotopic (exact) mass is 286 g/mol. The van der Waals surface area contributed by atoms with Gasteiger partial charge in [-0.2, -0.15) is 13.2 Å². The van der Waals surface area contributed by atoms with Gasteiger partial charge in [-0.05, 0) is 12.5 Å². The summed E-state index contributed by atoms with van der Waals surface area (Å²) in [5.41, 5.74) is -0.172. The van der Waals surface area contributed by atoms with Crippen molar-refractivity contribution in [2.24, 2.45) is 0 Å². The maximum atomic E-state index is 12.9. The first-order valence-corrected chi connectivity index (χ1v) is 6.76. The molecule has 0 atom stereocenters. The second-order valence-electron chi connectivity index (χ2n) is 4.01. The molecule has 0 saturated carbocycles. The van der Waals surface area contributed by atoms with Gasteiger partial charge in [0.1, 0.15) is 0 Å². The van der Waals surface area contributed by atoms with Crippen LogP contribution in [-0.4, -0.2) is 11.5 Å². The topological polar surface area (TPSA) is 24.9 Å². The summed E-state index contributed by atoms with van der Waals surface area (Å²) in [6.07, 6.45) is -3.43. The van der Waals surface area contributed by atoms with Crippen molar-refractivity contribution in [3.05, 3.63) is 35.2 Å². The molecule has 102 valence electrons. The SMILES string of the molecule is CCCNc1nc(-c2ccccc2C(F)(F)F)cs1. The molecular formula is C13H13F3N2S. The Morgan fingerprint density at radius 3 is 2.68 bits per heavy atom. The molecule has 0 unspecified atom stereocenters. The van der Waals surface area contributed by atoms with Gasteiger partial charge in [-0.3, -0.25) is 0 Å². The van der Waals surface area contributed by atoms with Crippen LogP contribution in [0.3, 0.4) is 0 Å². The molecule has 1 aromatic carbocycles. The number of nitrogens with zero attached hydrogens (tertiary/aromatic N) is 1. The molecule has 1 heterocycles. The largest absolute Gasteiger partial charge is 0.417 e. The van der Waals surface area contributed by atoms with Gasteiger partial charge in [-0.15, -0.1) is 11.3 Å². The van der Waals surface area contributed by atoms with Gasteiger partial charge in [0.15, 0.2) is 5.13 Å². The molecule has 1 N–H and O–H groups in total. The fourth-order valence-electron chi connectivity index (χ4n) is 1.66. The van der Waals surface area contributed by atoms with Crippen molar-refractivity contribution >= 4 is 16.5 Å². The molecule has 0 amide bonds. The van der Waals surface area contributed by atoms with Crippen molar-refractivity contribution in [2.45, 2.75) is 19.5 Å². The summed E-state index contributed by atoms with van der Waals surface area (Å²) < 4.78 is 38.7. The van der Waals surface area contributed by atoms with Gasteiger partial charge in [0.25, 0.3) is 0 Å². The lowest BCUT2D eigenvalue weighted by Gasteiger charge is -2.10. The molecule has 1 aromatic heterocycles. The van der Waals surface area contributed by atoms with Crippen molar-refractivity contribution in [2.75, 3.05) is 11.9 Å². The van der Waals surface area contributed by atoms with E-state index >= 15 is 0 Å². The van der Waals surface area contributed by atoms with Crippen molar-refractivity contribution < 1.29 is 13.2 Å². The second kappa shape index (κ2) is 5.61. The lowest BCUT2D eigenvalue weighted by molar-refractivity contribution is -0.137. The van der Waals surface area contributed by atoms with Gasteiger partial charge in [0.05, 0.1) is 11.3 Å². The first kappa shape index (κ1) is 13.9. The van der Waals surface area contributed by atoms with Crippen LogP contribution in [0.15, 0.2) is 29.6 Å². The molecule has 0 aliphatic rings. The molecule has 2 rings (SSSR count). The van der Waals surface area contributed by atoms with E-state index in [1.807, 2.05) is 6.92 Å². The molecule has 19 heavy (non-hydrogen) atoms. The Balaban J connectivity index is 2.34. The number of benzene rings is 1. The number of aromatic nitrogens is 1. The molecule has 0 spiro atoms. The second-order valence-corrected chi connectivity index (χ2v) is 4.87. The maximum Gasteiger partial charge on any atom is 0.417 e. The molecular weight excluding hydrogens is 273 g/mol. The number of nitrogens with one attached hydrogen (secondary N) is 1. The zero-order valence-electron chi connectivity index (χ0n) is 10.3. The Labute approximate surface area is 113 Å². The molecule has 2 nitrogen and oxygen atoms in total. The minimum atomic E-state index is -4.36. The Morgan fingerprint density at radius 2 is 2.00 bits per heavy atom. The smallest absolute Gasteiger partial charge is 0.362 e. The fourth-order valence-corrected chi connectivity index (χ4v) is 2.40. The van der Waals surface area contributed by atoms with Crippen LogP contribution in [0.1, 0.15) is 18.9 Å². The third-order valence-electron chi connectivity index (χ3n) is 2.54. The minimum Gasteiger partial charge on any atom is -0.362 e. The third-order valence-corrected chi connectivity index (χ3v) is 3.34. The van der Waals surface area contributed by atoms with Crippen molar-refractivity contribution in [3.63, 3.8) is 0 Å². The Morgan fingerprint density at radius 1 is 1.26 bits per heavy atom. The van der Waals surface area contributed by atoms with Crippen molar-refractivity contribution in [1.82, 2.24) is 4.98 Å². The number of rotatable bonds is 4. The summed E-state index contributed by atoms with van der Waals surface area (Å²) in [5.74, 6) is 0. The van der Waals surface area contributed by atoms with Crippen LogP contribution < -0.4 is 5.32 Å². The summed E-state index contributed by atoms with van der Waals surface area (Å²) in [6, 6.07) is 5.49. The van der Waals surface area contributed by atoms with Crippen molar-refractivity contribution in [3.8, 4) is 11.3 Å².